The molecule has 2 amide bonds. The minimum Gasteiger partial charge on any atom is -0.410 e. The van der Waals surface area contributed by atoms with Crippen LogP contribution in [-0.4, -0.2) is 46.3 Å². The second kappa shape index (κ2) is 12.9. The number of aromatic nitrogens is 2. The van der Waals surface area contributed by atoms with E-state index in [4.69, 9.17) is 14.0 Å². The number of ether oxygens (including phenoxy) is 1. The lowest BCUT2D eigenvalue weighted by Gasteiger charge is -2.63. The Balaban J connectivity index is 1.14. The molecule has 8 rings (SSSR count). The van der Waals surface area contributed by atoms with E-state index in [2.05, 4.69) is 41.7 Å². The highest BCUT2D eigenvalue weighted by atomic mass is 19.4. The summed E-state index contributed by atoms with van der Waals surface area (Å²) in [6.45, 7) is 10.1. The molecule has 3 aliphatic carbocycles. The van der Waals surface area contributed by atoms with Gasteiger partial charge in [0.25, 0.3) is 5.56 Å². The molecule has 3 aromatic rings. The first-order valence-corrected chi connectivity index (χ1v) is 17.7. The van der Waals surface area contributed by atoms with Gasteiger partial charge in [0.2, 0.25) is 5.91 Å². The predicted octanol–water partition coefficient (Wildman–Crippen LogP) is 5.99. The molecule has 52 heavy (non-hydrogen) atoms. The number of halogens is 3. The van der Waals surface area contributed by atoms with Gasteiger partial charge in [0.1, 0.15) is 28.8 Å². The quantitative estimate of drug-likeness (QED) is 0.230. The molecule has 0 radical (unpaired) electrons. The number of nitrogens with zero attached hydrogens (tertiary/aromatic N) is 2. The van der Waals surface area contributed by atoms with Crippen LogP contribution < -0.4 is 26.2 Å². The molecule has 276 valence electrons. The molecule has 0 spiro atoms. The summed E-state index contributed by atoms with van der Waals surface area (Å²) in [5.74, 6) is 0.283. The van der Waals surface area contributed by atoms with Crippen molar-refractivity contribution in [1.29, 1.82) is 0 Å². The summed E-state index contributed by atoms with van der Waals surface area (Å²) in [4.78, 5) is 46.0. The van der Waals surface area contributed by atoms with Gasteiger partial charge in [-0.15, -0.1) is 0 Å². The van der Waals surface area contributed by atoms with Crippen LogP contribution in [0.2, 0.25) is 0 Å². The van der Waals surface area contributed by atoms with Crippen LogP contribution in [-0.2, 0) is 32.4 Å². The number of anilines is 1. The van der Waals surface area contributed by atoms with Crippen molar-refractivity contribution in [2.24, 2.45) is 17.3 Å². The summed E-state index contributed by atoms with van der Waals surface area (Å²) in [6.07, 6.45) is -1.77. The van der Waals surface area contributed by atoms with Crippen molar-refractivity contribution in [2.75, 3.05) is 5.32 Å². The van der Waals surface area contributed by atoms with Crippen molar-refractivity contribution < 1.29 is 36.8 Å². The van der Waals surface area contributed by atoms with Gasteiger partial charge >= 0.3 is 19.4 Å². The number of rotatable bonds is 9. The molecule has 11 nitrogen and oxygen atoms in total. The Morgan fingerprint density at radius 1 is 1.10 bits per heavy atom. The fraction of sp³-hybridized carbons (Fsp3) is 0.514. The number of benzene rings is 2. The SMILES string of the molecule is CC[C@H](NC(=O)C1C[C@@](C)(NC(=O)Oc2ccccc2)c2ncc(NCc3cccc(C(F)(F)F)c3)c(=O)n21)B1OC2C3CC(C[C@]2(C)O1)C3(C)C. The molecule has 2 bridgehead atoms. The monoisotopic (exact) mass is 721 g/mol. The zero-order valence-corrected chi connectivity index (χ0v) is 29.8. The van der Waals surface area contributed by atoms with E-state index in [-0.39, 0.29) is 36.0 Å². The van der Waals surface area contributed by atoms with Crippen LogP contribution in [0.25, 0.3) is 0 Å². The number of hydrogen-bond acceptors (Lipinski definition) is 8. The van der Waals surface area contributed by atoms with Gasteiger partial charge in [0.15, 0.2) is 0 Å². The second-order valence-corrected chi connectivity index (χ2v) is 15.5. The average molecular weight is 722 g/mol. The van der Waals surface area contributed by atoms with E-state index >= 15 is 0 Å². The van der Waals surface area contributed by atoms with Crippen LogP contribution in [0.3, 0.4) is 0 Å². The van der Waals surface area contributed by atoms with Crippen LogP contribution >= 0.6 is 0 Å². The third-order valence-corrected chi connectivity index (χ3v) is 11.7. The summed E-state index contributed by atoms with van der Waals surface area (Å²) < 4.78 is 59.8. The van der Waals surface area contributed by atoms with Gasteiger partial charge in [-0.25, -0.2) is 9.78 Å². The van der Waals surface area contributed by atoms with Gasteiger partial charge < -0.3 is 30.0 Å². The van der Waals surface area contributed by atoms with Crippen molar-refractivity contribution in [3.8, 4) is 5.75 Å². The number of carbonyl (C=O) groups excluding carboxylic acids is 2. The lowest BCUT2D eigenvalue weighted by atomic mass is 9.45. The van der Waals surface area contributed by atoms with Crippen LogP contribution in [0, 0.1) is 17.3 Å². The van der Waals surface area contributed by atoms with E-state index in [1.54, 1.807) is 37.3 Å². The average Bonchev–Trinajstić information content (AvgIpc) is 3.61. The van der Waals surface area contributed by atoms with Gasteiger partial charge in [-0.05, 0) is 80.2 Å². The van der Waals surface area contributed by atoms with E-state index < -0.39 is 59.5 Å². The lowest BCUT2D eigenvalue weighted by molar-refractivity contribution is -0.185. The van der Waals surface area contributed by atoms with E-state index in [0.717, 1.165) is 25.0 Å². The van der Waals surface area contributed by atoms with Crippen LogP contribution in [0.5, 0.6) is 5.75 Å². The highest BCUT2D eigenvalue weighted by Gasteiger charge is 2.67. The molecule has 4 unspecified atom stereocenters. The third kappa shape index (κ3) is 6.35. The molecule has 7 atom stereocenters. The Morgan fingerprint density at radius 3 is 2.54 bits per heavy atom. The normalized spacial score (nSPS) is 29.0. The zero-order chi connectivity index (χ0) is 37.2. The maximum Gasteiger partial charge on any atom is 0.481 e. The summed E-state index contributed by atoms with van der Waals surface area (Å²) in [5, 5.41) is 8.78. The van der Waals surface area contributed by atoms with Crippen molar-refractivity contribution in [2.45, 2.75) is 102 Å². The van der Waals surface area contributed by atoms with Gasteiger partial charge in [-0.1, -0.05) is 51.1 Å². The topological polar surface area (TPSA) is 133 Å². The first-order chi connectivity index (χ1) is 24.5. The Kier molecular flexibility index (Phi) is 8.96. The van der Waals surface area contributed by atoms with E-state index in [1.807, 2.05) is 6.92 Å². The molecule has 3 saturated carbocycles. The fourth-order valence-electron chi connectivity index (χ4n) is 8.63. The minimum atomic E-state index is -4.53. The van der Waals surface area contributed by atoms with Crippen molar-refractivity contribution in [1.82, 2.24) is 20.2 Å². The largest absolute Gasteiger partial charge is 0.481 e. The highest BCUT2D eigenvalue weighted by molar-refractivity contribution is 6.47. The van der Waals surface area contributed by atoms with Crippen molar-refractivity contribution in [3.05, 3.63) is 88.1 Å². The number of fused-ring (bicyclic) bond motifs is 1. The van der Waals surface area contributed by atoms with Gasteiger partial charge in [0, 0.05) is 13.0 Å². The molecule has 4 fully saturated rings. The molecular formula is C37H43BF3N5O6. The molecule has 3 N–H and O–H groups in total. The van der Waals surface area contributed by atoms with E-state index in [9.17, 15) is 27.6 Å². The summed E-state index contributed by atoms with van der Waals surface area (Å²) in [5.41, 5.74) is -2.80. The molecule has 2 aliphatic heterocycles. The first kappa shape index (κ1) is 36.0. The van der Waals surface area contributed by atoms with E-state index in [0.29, 0.717) is 29.6 Å². The van der Waals surface area contributed by atoms with Crippen molar-refractivity contribution in [3.63, 3.8) is 0 Å². The maximum absolute atomic E-state index is 14.3. The molecule has 15 heteroatoms. The standard InChI is InChI=1S/C37H43BF3N5O6/c1-6-28(38-51-29-25-16-23(34(25,2)3)17-36(29,5)52-38)44-30(47)27-18-35(4,45-33(49)50-24-13-8-7-9-14-24)32-43-20-26(31(48)46(27)32)42-19-21-11-10-12-22(15-21)37(39,40)41/h7-15,20,23,25,27-29,42H,6,16-19H2,1-5H3,(H,44,47)(H,45,49)/t23?,25?,27?,28-,29?,35+,36-/m0/s1. The summed E-state index contributed by atoms with van der Waals surface area (Å²) in [7, 11) is -0.694. The number of nitrogens with one attached hydrogen (secondary N) is 3. The Bertz CT molecular complexity index is 1930. The Morgan fingerprint density at radius 2 is 1.85 bits per heavy atom. The van der Waals surface area contributed by atoms with E-state index in [1.165, 1.54) is 22.9 Å². The van der Waals surface area contributed by atoms with Crippen LogP contribution in [0.1, 0.15) is 83.3 Å². The van der Waals surface area contributed by atoms with Gasteiger partial charge in [-0.3, -0.25) is 14.2 Å². The minimum absolute atomic E-state index is 0.0248. The van der Waals surface area contributed by atoms with Gasteiger partial charge in [-0.2, -0.15) is 13.2 Å². The predicted molar refractivity (Wildman–Crippen MR) is 186 cm³/mol. The van der Waals surface area contributed by atoms with Gasteiger partial charge in [0.05, 0.1) is 29.4 Å². The molecule has 2 aromatic carbocycles. The summed E-state index contributed by atoms with van der Waals surface area (Å²) in [6, 6.07) is 12.1. The van der Waals surface area contributed by atoms with Crippen LogP contribution in [0.15, 0.2) is 65.6 Å². The number of amides is 2. The second-order valence-electron chi connectivity index (χ2n) is 15.5. The lowest BCUT2D eigenvalue weighted by Crippen LogP contribution is -2.63. The zero-order valence-electron chi connectivity index (χ0n) is 29.8. The number of hydrogen-bond donors (Lipinski definition) is 3. The first-order valence-electron chi connectivity index (χ1n) is 17.7. The molecule has 1 aromatic heterocycles. The number of carbonyl (C=O) groups is 2. The van der Waals surface area contributed by atoms with Crippen molar-refractivity contribution >= 4 is 24.8 Å². The Hall–Kier alpha value is -4.37. The number of para-hydroxylation sites is 1. The molecular weight excluding hydrogens is 678 g/mol. The summed E-state index contributed by atoms with van der Waals surface area (Å²) >= 11 is 0. The molecule has 1 saturated heterocycles. The molecule has 5 aliphatic rings. The molecule has 3 heterocycles. The van der Waals surface area contributed by atoms with Crippen LogP contribution in [0.4, 0.5) is 23.7 Å². The number of alkyl halides is 3. The maximum atomic E-state index is 14.3. The third-order valence-electron chi connectivity index (χ3n) is 11.7. The fourth-order valence-corrected chi connectivity index (χ4v) is 8.63. The Labute approximate surface area is 300 Å². The highest BCUT2D eigenvalue weighted by Crippen LogP contribution is 2.64. The smallest absolute Gasteiger partial charge is 0.410 e.